The molecule has 150 valence electrons. The normalized spacial score (nSPS) is 16.6. The summed E-state index contributed by atoms with van der Waals surface area (Å²) in [6, 6.07) is -0.0656. The van der Waals surface area contributed by atoms with Crippen LogP contribution in [0.25, 0.3) is 10.9 Å². The van der Waals surface area contributed by atoms with E-state index in [0.717, 1.165) is 37.6 Å². The van der Waals surface area contributed by atoms with Crippen LogP contribution in [0.5, 0.6) is 0 Å². The van der Waals surface area contributed by atoms with Crippen molar-refractivity contribution in [2.24, 2.45) is 0 Å². The number of anilines is 3. The van der Waals surface area contributed by atoms with E-state index in [9.17, 15) is 14.7 Å². The lowest BCUT2D eigenvalue weighted by Crippen LogP contribution is -2.44. The van der Waals surface area contributed by atoms with Gasteiger partial charge >= 0.3 is 5.97 Å². The number of carbonyl (C=O) groups is 1. The molecule has 0 saturated carbocycles. The molecule has 9 heteroatoms. The summed E-state index contributed by atoms with van der Waals surface area (Å²) >= 11 is 6.93. The average molecular weight is 406 g/mol. The number of nitrogens with one attached hydrogen (secondary N) is 3. The molecule has 3 heterocycles. The zero-order chi connectivity index (χ0) is 20.0. The first-order valence-corrected chi connectivity index (χ1v) is 9.90. The third kappa shape index (κ3) is 2.87. The summed E-state index contributed by atoms with van der Waals surface area (Å²) in [6.07, 6.45) is 1.41. The van der Waals surface area contributed by atoms with Crippen molar-refractivity contribution in [3.8, 4) is 0 Å². The zero-order valence-corrected chi connectivity index (χ0v) is 16.7. The summed E-state index contributed by atoms with van der Waals surface area (Å²) in [6.45, 7) is 8.55. The van der Waals surface area contributed by atoms with E-state index in [1.807, 2.05) is 13.8 Å². The van der Waals surface area contributed by atoms with Crippen LogP contribution in [0.3, 0.4) is 0 Å². The van der Waals surface area contributed by atoms with Crippen molar-refractivity contribution in [2.45, 2.75) is 19.9 Å². The van der Waals surface area contributed by atoms with Crippen LogP contribution in [0.2, 0.25) is 5.02 Å². The number of carboxylic acids is 1. The van der Waals surface area contributed by atoms with Gasteiger partial charge in [-0.1, -0.05) is 11.6 Å². The average Bonchev–Trinajstić information content (AvgIpc) is 2.68. The second-order valence-corrected chi connectivity index (χ2v) is 7.78. The second-order valence-electron chi connectivity index (χ2n) is 7.40. The zero-order valence-electron chi connectivity index (χ0n) is 15.9. The van der Waals surface area contributed by atoms with Gasteiger partial charge in [-0.3, -0.25) is 4.79 Å². The standard InChI is InChI=1S/C19H24ClN5O3/c1-10(2)25-9-11(19(27)28)18(26)12-14-15(23-4-3-22-14)17(13(20)16(12)25)24-7-5-21-6-8-24/h9-10,21-23H,3-8H2,1-2H3,(H,27,28). The Balaban J connectivity index is 2.15. The molecule has 1 aromatic carbocycles. The van der Waals surface area contributed by atoms with Gasteiger partial charge in [0.2, 0.25) is 5.43 Å². The fourth-order valence-corrected chi connectivity index (χ4v) is 4.43. The fourth-order valence-electron chi connectivity index (χ4n) is 4.02. The molecule has 4 rings (SSSR count). The second kappa shape index (κ2) is 7.18. The number of halogens is 1. The largest absolute Gasteiger partial charge is 0.477 e. The number of piperazine rings is 1. The maximum atomic E-state index is 13.1. The van der Waals surface area contributed by atoms with E-state index in [2.05, 4.69) is 20.9 Å². The Morgan fingerprint density at radius 2 is 1.79 bits per heavy atom. The van der Waals surface area contributed by atoms with Crippen molar-refractivity contribution in [3.63, 3.8) is 0 Å². The molecule has 0 aliphatic carbocycles. The van der Waals surface area contributed by atoms with Gasteiger partial charge in [-0.2, -0.15) is 0 Å². The first kappa shape index (κ1) is 18.9. The molecule has 2 aromatic rings. The lowest BCUT2D eigenvalue weighted by molar-refractivity contribution is 0.0695. The highest BCUT2D eigenvalue weighted by atomic mass is 35.5. The van der Waals surface area contributed by atoms with Gasteiger partial charge in [0.1, 0.15) is 5.56 Å². The van der Waals surface area contributed by atoms with Crippen LogP contribution >= 0.6 is 11.6 Å². The Hall–Kier alpha value is -2.45. The van der Waals surface area contributed by atoms with Gasteiger partial charge < -0.3 is 30.5 Å². The minimum atomic E-state index is -1.24. The molecule has 2 aliphatic heterocycles. The molecule has 28 heavy (non-hydrogen) atoms. The predicted octanol–water partition coefficient (Wildman–Crippen LogP) is 2.18. The van der Waals surface area contributed by atoms with Crippen LogP contribution in [-0.4, -0.2) is 54.9 Å². The Bertz CT molecular complexity index is 1010. The third-order valence-corrected chi connectivity index (χ3v) is 5.69. The summed E-state index contributed by atoms with van der Waals surface area (Å²) < 4.78 is 1.80. The van der Waals surface area contributed by atoms with Gasteiger partial charge in [-0.25, -0.2) is 4.79 Å². The number of fused-ring (bicyclic) bond motifs is 3. The number of benzene rings is 1. The number of aromatic nitrogens is 1. The van der Waals surface area contributed by atoms with Crippen LogP contribution in [0.4, 0.5) is 17.1 Å². The number of rotatable bonds is 3. The van der Waals surface area contributed by atoms with Crippen LogP contribution in [-0.2, 0) is 0 Å². The van der Waals surface area contributed by atoms with Gasteiger partial charge in [0.05, 0.1) is 33.0 Å². The first-order chi connectivity index (χ1) is 13.4. The summed E-state index contributed by atoms with van der Waals surface area (Å²) in [4.78, 5) is 27.0. The van der Waals surface area contributed by atoms with Crippen molar-refractivity contribution in [2.75, 3.05) is 54.8 Å². The highest BCUT2D eigenvalue weighted by Gasteiger charge is 2.30. The van der Waals surface area contributed by atoms with Crippen LogP contribution in [0.1, 0.15) is 30.2 Å². The van der Waals surface area contributed by atoms with Crippen molar-refractivity contribution in [1.29, 1.82) is 0 Å². The van der Waals surface area contributed by atoms with E-state index in [-0.39, 0.29) is 11.6 Å². The number of carboxylic acid groups (broad SMARTS) is 1. The van der Waals surface area contributed by atoms with Crippen molar-refractivity contribution >= 4 is 45.5 Å². The first-order valence-electron chi connectivity index (χ1n) is 9.52. The molecule has 0 unspecified atom stereocenters. The summed E-state index contributed by atoms with van der Waals surface area (Å²) in [5, 5.41) is 20.4. The number of nitrogens with zero attached hydrogens (tertiary/aromatic N) is 2. The molecule has 1 saturated heterocycles. The molecular formula is C19H24ClN5O3. The lowest BCUT2D eigenvalue weighted by atomic mass is 10.0. The smallest absolute Gasteiger partial charge is 0.341 e. The molecule has 4 N–H and O–H groups in total. The predicted molar refractivity (Wildman–Crippen MR) is 113 cm³/mol. The SMILES string of the molecule is CC(C)n1cc(C(=O)O)c(=O)c2c3c(c(N4CCNCC4)c(Cl)c21)NCCN3. The van der Waals surface area contributed by atoms with E-state index in [1.54, 1.807) is 4.57 Å². The molecule has 1 fully saturated rings. The van der Waals surface area contributed by atoms with E-state index in [1.165, 1.54) is 6.20 Å². The molecule has 0 bridgehead atoms. The molecular weight excluding hydrogens is 382 g/mol. The summed E-state index contributed by atoms with van der Waals surface area (Å²) in [5.74, 6) is -1.24. The topological polar surface area (TPSA) is 98.6 Å². The highest BCUT2D eigenvalue weighted by molar-refractivity contribution is 6.40. The minimum absolute atomic E-state index is 0.0656. The molecule has 0 spiro atoms. The van der Waals surface area contributed by atoms with E-state index < -0.39 is 11.4 Å². The van der Waals surface area contributed by atoms with Crippen LogP contribution in [0, 0.1) is 0 Å². The molecule has 0 amide bonds. The molecule has 1 aromatic heterocycles. The van der Waals surface area contributed by atoms with Gasteiger partial charge in [0.15, 0.2) is 0 Å². The Morgan fingerprint density at radius 3 is 2.39 bits per heavy atom. The van der Waals surface area contributed by atoms with Crippen molar-refractivity contribution < 1.29 is 9.90 Å². The maximum Gasteiger partial charge on any atom is 0.341 e. The quantitative estimate of drug-likeness (QED) is 0.621. The van der Waals surface area contributed by atoms with E-state index in [4.69, 9.17) is 11.6 Å². The monoisotopic (exact) mass is 405 g/mol. The number of hydrogen-bond donors (Lipinski definition) is 4. The van der Waals surface area contributed by atoms with Crippen molar-refractivity contribution in [1.82, 2.24) is 9.88 Å². The van der Waals surface area contributed by atoms with Crippen LogP contribution in [0.15, 0.2) is 11.0 Å². The molecule has 0 radical (unpaired) electrons. The molecule has 2 aliphatic rings. The summed E-state index contributed by atoms with van der Waals surface area (Å²) in [7, 11) is 0. The minimum Gasteiger partial charge on any atom is -0.477 e. The Morgan fingerprint density at radius 1 is 1.14 bits per heavy atom. The Kier molecular flexibility index (Phi) is 4.84. The number of hydrogen-bond acceptors (Lipinski definition) is 6. The fraction of sp³-hybridized carbons (Fsp3) is 0.474. The highest BCUT2D eigenvalue weighted by Crippen LogP contribution is 2.47. The third-order valence-electron chi connectivity index (χ3n) is 5.34. The van der Waals surface area contributed by atoms with Gasteiger partial charge in [-0.05, 0) is 13.8 Å². The van der Waals surface area contributed by atoms with Gasteiger partial charge in [-0.15, -0.1) is 0 Å². The maximum absolute atomic E-state index is 13.1. The summed E-state index contributed by atoms with van der Waals surface area (Å²) in [5.41, 5.74) is 2.11. The van der Waals surface area contributed by atoms with Gasteiger partial charge in [0.25, 0.3) is 0 Å². The van der Waals surface area contributed by atoms with Crippen LogP contribution < -0.4 is 26.3 Å². The van der Waals surface area contributed by atoms with Crippen molar-refractivity contribution in [3.05, 3.63) is 27.0 Å². The van der Waals surface area contributed by atoms with E-state index in [0.29, 0.717) is 34.7 Å². The molecule has 8 nitrogen and oxygen atoms in total. The number of pyridine rings is 1. The van der Waals surface area contributed by atoms with E-state index >= 15 is 0 Å². The molecule has 0 atom stereocenters. The number of aromatic carboxylic acids is 1. The van der Waals surface area contributed by atoms with Gasteiger partial charge in [0, 0.05) is 51.5 Å². The lowest BCUT2D eigenvalue weighted by Gasteiger charge is -2.35. The Labute approximate surface area is 167 Å².